The monoisotopic (exact) mass is 282 g/mol. The van der Waals surface area contributed by atoms with Gasteiger partial charge < -0.3 is 0 Å². The van der Waals surface area contributed by atoms with Crippen LogP contribution in [0.2, 0.25) is 0 Å². The highest BCUT2D eigenvalue weighted by atomic mass is 31.1. The van der Waals surface area contributed by atoms with Gasteiger partial charge in [0, 0.05) is 11.1 Å². The molecule has 4 heteroatoms. The van der Waals surface area contributed by atoms with Crippen molar-refractivity contribution in [2.75, 3.05) is 13.3 Å². The van der Waals surface area contributed by atoms with Gasteiger partial charge in [-0.05, 0) is 36.1 Å². The summed E-state index contributed by atoms with van der Waals surface area (Å²) in [6.45, 7) is 3.96. The second-order valence-electron chi connectivity index (χ2n) is 3.82. The highest BCUT2D eigenvalue weighted by molar-refractivity contribution is 7.47. The van der Waals surface area contributed by atoms with Gasteiger partial charge in [0.15, 0.2) is 0 Å². The molecule has 2 aromatic carbocycles. The van der Waals surface area contributed by atoms with Crippen LogP contribution >= 0.6 is 17.2 Å². The fourth-order valence-corrected chi connectivity index (χ4v) is 3.49. The van der Waals surface area contributed by atoms with E-state index in [0.717, 1.165) is 10.6 Å². The van der Waals surface area contributed by atoms with Gasteiger partial charge in [-0.3, -0.25) is 0 Å². The molecule has 0 heterocycles. The van der Waals surface area contributed by atoms with E-state index in [0.29, 0.717) is 28.3 Å². The maximum absolute atomic E-state index is 14.1. The van der Waals surface area contributed by atoms with Gasteiger partial charge in [-0.1, -0.05) is 41.4 Å². The number of rotatable bonds is 3. The van der Waals surface area contributed by atoms with Gasteiger partial charge in [0.2, 0.25) is 0 Å². The van der Waals surface area contributed by atoms with Crippen LogP contribution in [0.15, 0.2) is 36.4 Å². The predicted octanol–water partition coefficient (Wildman–Crippen LogP) is 3.50. The first-order valence-corrected chi connectivity index (χ1v) is 8.62. The first-order chi connectivity index (χ1) is 8.69. The van der Waals surface area contributed by atoms with Crippen molar-refractivity contribution in [2.24, 2.45) is 0 Å². The lowest BCUT2D eigenvalue weighted by Gasteiger charge is -2.14. The Hall–Kier alpha value is -0.840. The molecule has 2 rings (SSSR count). The summed E-state index contributed by atoms with van der Waals surface area (Å²) in [5, 5.41) is 1.75. The van der Waals surface area contributed by atoms with E-state index in [9.17, 15) is 8.78 Å². The van der Waals surface area contributed by atoms with Crippen molar-refractivity contribution in [3.63, 3.8) is 0 Å². The van der Waals surface area contributed by atoms with Gasteiger partial charge in [0.1, 0.15) is 11.6 Å². The van der Waals surface area contributed by atoms with Crippen molar-refractivity contribution in [1.82, 2.24) is 0 Å². The minimum absolute atomic E-state index is 0.341. The maximum Gasteiger partial charge on any atom is 0.131 e. The SMILES string of the molecule is CPc1cccc(F)c1-c1c(F)cccc1PC. The maximum atomic E-state index is 14.1. The fourth-order valence-electron chi connectivity index (χ4n) is 1.97. The second kappa shape index (κ2) is 5.87. The third kappa shape index (κ3) is 2.46. The van der Waals surface area contributed by atoms with Crippen LogP contribution in [-0.4, -0.2) is 13.3 Å². The van der Waals surface area contributed by atoms with Crippen LogP contribution in [0.25, 0.3) is 11.1 Å². The van der Waals surface area contributed by atoms with Crippen molar-refractivity contribution in [3.05, 3.63) is 48.0 Å². The summed E-state index contributed by atoms with van der Waals surface area (Å²) in [7, 11) is 0.883. The smallest absolute Gasteiger partial charge is 0.131 e. The van der Waals surface area contributed by atoms with E-state index >= 15 is 0 Å². The van der Waals surface area contributed by atoms with E-state index < -0.39 is 0 Å². The lowest BCUT2D eigenvalue weighted by molar-refractivity contribution is 0.618. The molecule has 2 aromatic rings. The highest BCUT2D eigenvalue weighted by Crippen LogP contribution is 2.28. The molecule has 0 aliphatic rings. The van der Waals surface area contributed by atoms with Gasteiger partial charge in [-0.15, -0.1) is 0 Å². The number of hydrogen-bond acceptors (Lipinski definition) is 0. The zero-order chi connectivity index (χ0) is 13.1. The number of halogens is 2. The lowest BCUT2D eigenvalue weighted by Crippen LogP contribution is -2.11. The van der Waals surface area contributed by atoms with Crippen molar-refractivity contribution >= 4 is 27.8 Å². The Morgan fingerprint density at radius 1 is 0.722 bits per heavy atom. The minimum atomic E-state index is -0.341. The molecule has 0 fully saturated rings. The molecule has 0 saturated carbocycles. The summed E-state index contributed by atoms with van der Waals surface area (Å²) in [6.07, 6.45) is 0. The lowest BCUT2D eigenvalue weighted by atomic mass is 10.0. The molecule has 0 amide bonds. The van der Waals surface area contributed by atoms with Gasteiger partial charge in [-0.2, -0.15) is 0 Å². The van der Waals surface area contributed by atoms with Crippen molar-refractivity contribution in [1.29, 1.82) is 0 Å². The third-order valence-corrected chi connectivity index (χ3v) is 4.73. The molecule has 0 N–H and O–H groups in total. The average molecular weight is 282 g/mol. The van der Waals surface area contributed by atoms with E-state index in [1.807, 2.05) is 25.5 Å². The largest absolute Gasteiger partial charge is 0.206 e. The van der Waals surface area contributed by atoms with Gasteiger partial charge in [0.05, 0.1) is 0 Å². The Balaban J connectivity index is 2.76. The van der Waals surface area contributed by atoms with Gasteiger partial charge >= 0.3 is 0 Å². The summed E-state index contributed by atoms with van der Waals surface area (Å²) in [4.78, 5) is 0. The second-order valence-corrected chi connectivity index (χ2v) is 5.90. The first-order valence-electron chi connectivity index (χ1n) is 5.62. The zero-order valence-electron chi connectivity index (χ0n) is 10.2. The molecule has 0 spiro atoms. The normalized spacial score (nSPS) is 12.0. The average Bonchev–Trinajstić information content (AvgIpc) is 2.38. The van der Waals surface area contributed by atoms with E-state index in [1.54, 1.807) is 12.1 Å². The van der Waals surface area contributed by atoms with Gasteiger partial charge in [0.25, 0.3) is 0 Å². The van der Waals surface area contributed by atoms with E-state index in [1.165, 1.54) is 12.1 Å². The summed E-state index contributed by atoms with van der Waals surface area (Å²) >= 11 is 0. The van der Waals surface area contributed by atoms with Crippen LogP contribution in [0, 0.1) is 11.6 Å². The Labute approximate surface area is 109 Å². The van der Waals surface area contributed by atoms with Crippen LogP contribution in [0.3, 0.4) is 0 Å². The fraction of sp³-hybridized carbons (Fsp3) is 0.143. The summed E-state index contributed by atoms with van der Waals surface area (Å²) < 4.78 is 28.1. The van der Waals surface area contributed by atoms with Crippen LogP contribution < -0.4 is 10.6 Å². The van der Waals surface area contributed by atoms with E-state index in [4.69, 9.17) is 0 Å². The predicted molar refractivity (Wildman–Crippen MR) is 79.5 cm³/mol. The third-order valence-electron chi connectivity index (χ3n) is 2.82. The topological polar surface area (TPSA) is 0 Å². The van der Waals surface area contributed by atoms with Crippen molar-refractivity contribution < 1.29 is 8.78 Å². The van der Waals surface area contributed by atoms with Crippen molar-refractivity contribution in [2.45, 2.75) is 0 Å². The Morgan fingerprint density at radius 2 is 1.11 bits per heavy atom. The summed E-state index contributed by atoms with van der Waals surface area (Å²) in [6, 6.07) is 9.89. The van der Waals surface area contributed by atoms with E-state index in [2.05, 4.69) is 0 Å². The molecule has 0 saturated heterocycles. The molecule has 2 atom stereocenters. The molecule has 2 unspecified atom stereocenters. The van der Waals surface area contributed by atoms with Crippen LogP contribution in [-0.2, 0) is 0 Å². The Kier molecular flexibility index (Phi) is 4.43. The molecule has 0 aromatic heterocycles. The molecule has 0 nitrogen and oxygen atoms in total. The summed E-state index contributed by atoms with van der Waals surface area (Å²) in [5.41, 5.74) is 0.863. The number of benzene rings is 2. The molecule has 0 aliphatic heterocycles. The Bertz CT molecular complexity index is 516. The first kappa shape index (κ1) is 13.6. The highest BCUT2D eigenvalue weighted by Gasteiger charge is 2.16. The molecule has 0 aliphatic carbocycles. The quantitative estimate of drug-likeness (QED) is 0.756. The standard InChI is InChI=1S/C14H14F2P2/c1-17-11-7-3-5-9(15)13(11)14-10(16)6-4-8-12(14)18-2/h3-8,17-18H,1-2H3. The molecular weight excluding hydrogens is 268 g/mol. The molecule has 0 radical (unpaired) electrons. The van der Waals surface area contributed by atoms with Crippen LogP contribution in [0.5, 0.6) is 0 Å². The number of hydrogen-bond donors (Lipinski definition) is 0. The van der Waals surface area contributed by atoms with Crippen LogP contribution in [0.4, 0.5) is 8.78 Å². The molecule has 0 bridgehead atoms. The zero-order valence-corrected chi connectivity index (χ0v) is 12.2. The van der Waals surface area contributed by atoms with Crippen molar-refractivity contribution in [3.8, 4) is 11.1 Å². The molecule has 94 valence electrons. The Morgan fingerprint density at radius 3 is 1.44 bits per heavy atom. The summed E-state index contributed by atoms with van der Waals surface area (Å²) in [5.74, 6) is -0.682. The van der Waals surface area contributed by atoms with Crippen LogP contribution in [0.1, 0.15) is 0 Å². The van der Waals surface area contributed by atoms with E-state index in [-0.39, 0.29) is 11.6 Å². The minimum Gasteiger partial charge on any atom is -0.206 e. The molecular formula is C14H14F2P2. The molecule has 18 heavy (non-hydrogen) atoms. The van der Waals surface area contributed by atoms with Gasteiger partial charge in [-0.25, -0.2) is 8.78 Å².